The van der Waals surface area contributed by atoms with Crippen LogP contribution in [0.2, 0.25) is 0 Å². The first-order valence-corrected chi connectivity index (χ1v) is 8.78. The van der Waals surface area contributed by atoms with Crippen molar-refractivity contribution in [3.63, 3.8) is 0 Å². The second-order valence-electron chi connectivity index (χ2n) is 5.78. The second kappa shape index (κ2) is 16.3. The van der Waals surface area contributed by atoms with Gasteiger partial charge >= 0.3 is 5.97 Å². The van der Waals surface area contributed by atoms with Crippen LogP contribution < -0.4 is 0 Å². The van der Waals surface area contributed by atoms with Crippen LogP contribution in [-0.2, 0) is 9.53 Å². The normalized spacial score (nSPS) is 13.2. The molecule has 0 aliphatic carbocycles. The third-order valence-electron chi connectivity index (χ3n) is 3.73. The molecule has 0 aromatic heterocycles. The number of aliphatic carboxylic acids is 1. The Morgan fingerprint density at radius 1 is 1.05 bits per heavy atom. The number of carboxylic acids is 1. The minimum absolute atomic E-state index is 0.194. The Balaban J connectivity index is 3.59. The molecule has 0 unspecified atom stereocenters. The van der Waals surface area contributed by atoms with Crippen LogP contribution in [0.1, 0.15) is 77.6 Å². The zero-order valence-electron chi connectivity index (χ0n) is 14.4. The molecule has 1 atom stereocenters. The largest absolute Gasteiger partial charge is 0.481 e. The number of unbranched alkanes of at least 4 members (excludes halogenated alkanes) is 7. The van der Waals surface area contributed by atoms with Gasteiger partial charge < -0.3 is 9.84 Å². The smallest absolute Gasteiger partial charge is 0.303 e. The fourth-order valence-electron chi connectivity index (χ4n) is 2.32. The lowest BCUT2D eigenvalue weighted by molar-refractivity contribution is -0.137. The molecule has 3 heteroatoms. The molecule has 0 rings (SSSR count). The lowest BCUT2D eigenvalue weighted by Crippen LogP contribution is -2.06. The van der Waals surface area contributed by atoms with E-state index < -0.39 is 5.97 Å². The number of carboxylic acid groups (broad SMARTS) is 1. The van der Waals surface area contributed by atoms with Gasteiger partial charge in [0, 0.05) is 13.5 Å². The SMILES string of the molecule is CCCCCC=CC=C[C@@H](CCCCCCCC(=O)O)OC. The van der Waals surface area contributed by atoms with E-state index in [2.05, 4.69) is 31.2 Å². The van der Waals surface area contributed by atoms with Gasteiger partial charge in [-0.2, -0.15) is 0 Å². The summed E-state index contributed by atoms with van der Waals surface area (Å²) in [4.78, 5) is 10.4. The van der Waals surface area contributed by atoms with Crippen LogP contribution in [-0.4, -0.2) is 24.3 Å². The summed E-state index contributed by atoms with van der Waals surface area (Å²) < 4.78 is 5.46. The number of hydrogen-bond acceptors (Lipinski definition) is 2. The van der Waals surface area contributed by atoms with Crippen molar-refractivity contribution in [3.8, 4) is 0 Å². The average molecular weight is 310 g/mol. The quantitative estimate of drug-likeness (QED) is 0.320. The Morgan fingerprint density at radius 2 is 1.77 bits per heavy atom. The van der Waals surface area contributed by atoms with E-state index in [9.17, 15) is 4.79 Å². The summed E-state index contributed by atoms with van der Waals surface area (Å²) in [6, 6.07) is 0. The average Bonchev–Trinajstić information content (AvgIpc) is 2.50. The van der Waals surface area contributed by atoms with Gasteiger partial charge in [0.2, 0.25) is 0 Å². The van der Waals surface area contributed by atoms with E-state index in [0.717, 1.165) is 44.9 Å². The molecule has 0 amide bonds. The van der Waals surface area contributed by atoms with Gasteiger partial charge in [-0.1, -0.05) is 69.8 Å². The maximum atomic E-state index is 10.4. The van der Waals surface area contributed by atoms with E-state index in [4.69, 9.17) is 9.84 Å². The van der Waals surface area contributed by atoms with Gasteiger partial charge in [0.15, 0.2) is 0 Å². The van der Waals surface area contributed by atoms with Crippen molar-refractivity contribution in [2.45, 2.75) is 83.7 Å². The van der Waals surface area contributed by atoms with E-state index in [1.807, 2.05) is 0 Å². The maximum absolute atomic E-state index is 10.4. The molecule has 0 aliphatic rings. The molecule has 1 N–H and O–H groups in total. The number of ether oxygens (including phenoxy) is 1. The van der Waals surface area contributed by atoms with Crippen LogP contribution in [0.5, 0.6) is 0 Å². The first kappa shape index (κ1) is 20.9. The predicted octanol–water partition coefficient (Wildman–Crippen LogP) is 5.51. The van der Waals surface area contributed by atoms with Gasteiger partial charge in [0.05, 0.1) is 6.10 Å². The molecule has 0 aliphatic heterocycles. The van der Waals surface area contributed by atoms with Gasteiger partial charge in [-0.25, -0.2) is 0 Å². The molecule has 0 radical (unpaired) electrons. The summed E-state index contributed by atoms with van der Waals surface area (Å²) in [7, 11) is 1.76. The molecular weight excluding hydrogens is 276 g/mol. The monoisotopic (exact) mass is 310 g/mol. The first-order chi connectivity index (χ1) is 10.7. The molecule has 0 bridgehead atoms. The van der Waals surface area contributed by atoms with Gasteiger partial charge in [0.1, 0.15) is 0 Å². The van der Waals surface area contributed by atoms with Crippen molar-refractivity contribution in [1.29, 1.82) is 0 Å². The fraction of sp³-hybridized carbons (Fsp3) is 0.737. The third kappa shape index (κ3) is 15.3. The first-order valence-electron chi connectivity index (χ1n) is 8.78. The minimum Gasteiger partial charge on any atom is -0.481 e. The van der Waals surface area contributed by atoms with Crippen LogP contribution in [0, 0.1) is 0 Å². The van der Waals surface area contributed by atoms with Crippen LogP contribution in [0.3, 0.4) is 0 Å². The molecular formula is C19H34O3. The molecule has 0 aromatic rings. The molecule has 128 valence electrons. The molecule has 3 nitrogen and oxygen atoms in total. The van der Waals surface area contributed by atoms with E-state index in [0.29, 0.717) is 6.42 Å². The Hall–Kier alpha value is -1.09. The summed E-state index contributed by atoms with van der Waals surface area (Å²) in [5.41, 5.74) is 0. The van der Waals surface area contributed by atoms with Crippen LogP contribution in [0.15, 0.2) is 24.3 Å². The lowest BCUT2D eigenvalue weighted by atomic mass is 10.1. The van der Waals surface area contributed by atoms with E-state index in [1.165, 1.54) is 19.3 Å². The van der Waals surface area contributed by atoms with Gasteiger partial charge in [-0.15, -0.1) is 0 Å². The van der Waals surface area contributed by atoms with Crippen molar-refractivity contribution in [2.75, 3.05) is 7.11 Å². The van der Waals surface area contributed by atoms with Crippen LogP contribution >= 0.6 is 0 Å². The molecule has 0 saturated carbocycles. The topological polar surface area (TPSA) is 46.5 Å². The highest BCUT2D eigenvalue weighted by Crippen LogP contribution is 2.11. The Morgan fingerprint density at radius 3 is 2.45 bits per heavy atom. The van der Waals surface area contributed by atoms with Crippen LogP contribution in [0.25, 0.3) is 0 Å². The van der Waals surface area contributed by atoms with E-state index >= 15 is 0 Å². The summed E-state index contributed by atoms with van der Waals surface area (Å²) in [6.45, 7) is 2.22. The highest BCUT2D eigenvalue weighted by molar-refractivity contribution is 5.66. The lowest BCUT2D eigenvalue weighted by Gasteiger charge is -2.10. The zero-order chi connectivity index (χ0) is 16.5. The minimum atomic E-state index is -0.688. The highest BCUT2D eigenvalue weighted by Gasteiger charge is 2.02. The maximum Gasteiger partial charge on any atom is 0.303 e. The van der Waals surface area contributed by atoms with E-state index in [-0.39, 0.29) is 6.10 Å². The molecule has 0 spiro atoms. The number of rotatable bonds is 15. The summed E-state index contributed by atoms with van der Waals surface area (Å²) in [5.74, 6) is -0.688. The Labute approximate surface area is 136 Å². The zero-order valence-corrected chi connectivity index (χ0v) is 14.4. The van der Waals surface area contributed by atoms with Crippen molar-refractivity contribution >= 4 is 5.97 Å². The molecule has 0 heterocycles. The standard InChI is InChI=1S/C19H34O3/c1-3-4-5-6-7-9-12-15-18(22-2)16-13-10-8-11-14-17-19(20)21/h7,9,12,15,18H,3-6,8,10-11,13-14,16-17H2,1-2H3,(H,20,21)/t18-/m0/s1. The summed E-state index contributed by atoms with van der Waals surface area (Å²) >= 11 is 0. The molecule has 0 saturated heterocycles. The van der Waals surface area contributed by atoms with E-state index in [1.54, 1.807) is 7.11 Å². The Kier molecular flexibility index (Phi) is 15.5. The Bertz CT molecular complexity index is 308. The molecule has 0 aromatic carbocycles. The highest BCUT2D eigenvalue weighted by atomic mass is 16.5. The summed E-state index contributed by atoms with van der Waals surface area (Å²) in [6.07, 6.45) is 20.3. The number of allylic oxidation sites excluding steroid dienone is 3. The number of methoxy groups -OCH3 is 1. The van der Waals surface area contributed by atoms with Crippen molar-refractivity contribution in [1.82, 2.24) is 0 Å². The van der Waals surface area contributed by atoms with Crippen LogP contribution in [0.4, 0.5) is 0 Å². The third-order valence-corrected chi connectivity index (χ3v) is 3.73. The number of carbonyl (C=O) groups is 1. The van der Waals surface area contributed by atoms with Gasteiger partial charge in [-0.3, -0.25) is 4.79 Å². The molecule has 22 heavy (non-hydrogen) atoms. The van der Waals surface area contributed by atoms with Gasteiger partial charge in [-0.05, 0) is 25.7 Å². The predicted molar refractivity (Wildman–Crippen MR) is 93.2 cm³/mol. The van der Waals surface area contributed by atoms with Crippen molar-refractivity contribution < 1.29 is 14.6 Å². The molecule has 0 fully saturated rings. The fourth-order valence-corrected chi connectivity index (χ4v) is 2.32. The van der Waals surface area contributed by atoms with Crippen molar-refractivity contribution in [2.24, 2.45) is 0 Å². The van der Waals surface area contributed by atoms with Gasteiger partial charge in [0.25, 0.3) is 0 Å². The second-order valence-corrected chi connectivity index (χ2v) is 5.78. The number of hydrogen-bond donors (Lipinski definition) is 1. The van der Waals surface area contributed by atoms with Crippen molar-refractivity contribution in [3.05, 3.63) is 24.3 Å². The summed E-state index contributed by atoms with van der Waals surface area (Å²) in [5, 5.41) is 8.55.